The molecule has 0 unspecified atom stereocenters. The summed E-state index contributed by atoms with van der Waals surface area (Å²) in [6, 6.07) is 24.1. The highest BCUT2D eigenvalue weighted by Crippen LogP contribution is 2.24. The average Bonchev–Trinajstić information content (AvgIpc) is 3.10. The Balaban J connectivity index is 1.73. The first-order valence-corrected chi connectivity index (χ1v) is 10.9. The van der Waals surface area contributed by atoms with E-state index in [2.05, 4.69) is 18.2 Å². The molecule has 0 bridgehead atoms. The fraction of sp³-hybridized carbons (Fsp3) is 0.227. The number of nitriles is 1. The number of hydrogen-bond acceptors (Lipinski definition) is 3. The van der Waals surface area contributed by atoms with Gasteiger partial charge in [-0.25, -0.2) is 13.6 Å². The van der Waals surface area contributed by atoms with Gasteiger partial charge in [-0.1, -0.05) is 54.6 Å². The molecule has 0 radical (unpaired) electrons. The van der Waals surface area contributed by atoms with Crippen LogP contribution in [-0.4, -0.2) is 18.7 Å². The van der Waals surface area contributed by atoms with Crippen LogP contribution in [0.2, 0.25) is 0 Å². The predicted molar refractivity (Wildman–Crippen MR) is 111 cm³/mol. The molecule has 2 aromatic carbocycles. The molecule has 0 spiro atoms. The number of benzene rings is 2. The lowest BCUT2D eigenvalue weighted by molar-refractivity contribution is 0.597. The zero-order valence-corrected chi connectivity index (χ0v) is 16.4. The minimum Gasteiger partial charge on any atom is -0.332 e. The van der Waals surface area contributed by atoms with Crippen LogP contribution in [0.3, 0.4) is 0 Å². The lowest BCUT2D eigenvalue weighted by Gasteiger charge is -2.12. The fourth-order valence-corrected chi connectivity index (χ4v) is 3.77. The van der Waals surface area contributed by atoms with Crippen molar-refractivity contribution >= 4 is 10.0 Å². The van der Waals surface area contributed by atoms with E-state index in [0.29, 0.717) is 12.1 Å². The van der Waals surface area contributed by atoms with E-state index < -0.39 is 10.0 Å². The first kappa shape index (κ1) is 19.9. The Morgan fingerprint density at radius 3 is 2.21 bits per heavy atom. The maximum absolute atomic E-state index is 11.1. The van der Waals surface area contributed by atoms with Crippen molar-refractivity contribution in [2.24, 2.45) is 5.14 Å². The summed E-state index contributed by atoms with van der Waals surface area (Å²) < 4.78 is 24.3. The molecule has 0 atom stereocenters. The van der Waals surface area contributed by atoms with Crippen LogP contribution >= 0.6 is 0 Å². The largest absolute Gasteiger partial charge is 0.332 e. The molecule has 5 nitrogen and oxygen atoms in total. The number of primary sulfonamides is 1. The van der Waals surface area contributed by atoms with Gasteiger partial charge in [0.1, 0.15) is 11.8 Å². The fourth-order valence-electron chi connectivity index (χ4n) is 3.25. The highest BCUT2D eigenvalue weighted by molar-refractivity contribution is 7.89. The van der Waals surface area contributed by atoms with E-state index >= 15 is 0 Å². The van der Waals surface area contributed by atoms with Gasteiger partial charge in [0.25, 0.3) is 0 Å². The van der Waals surface area contributed by atoms with Crippen LogP contribution in [0.4, 0.5) is 0 Å². The second-order valence-corrected chi connectivity index (χ2v) is 8.50. The van der Waals surface area contributed by atoms with Gasteiger partial charge < -0.3 is 4.57 Å². The molecular weight excluding hydrogens is 370 g/mol. The van der Waals surface area contributed by atoms with E-state index in [1.165, 1.54) is 5.56 Å². The highest BCUT2D eigenvalue weighted by atomic mass is 32.2. The van der Waals surface area contributed by atoms with Crippen molar-refractivity contribution in [3.05, 3.63) is 83.6 Å². The second kappa shape index (κ2) is 8.87. The Labute approximate surface area is 166 Å². The third-order valence-electron chi connectivity index (χ3n) is 4.71. The molecule has 0 aliphatic heterocycles. The summed E-state index contributed by atoms with van der Waals surface area (Å²) in [5.74, 6) is -0.0687. The topological polar surface area (TPSA) is 88.9 Å². The third kappa shape index (κ3) is 5.32. The Morgan fingerprint density at radius 1 is 0.893 bits per heavy atom. The molecule has 3 aromatic rings. The summed E-state index contributed by atoms with van der Waals surface area (Å²) in [7, 11) is -3.46. The van der Waals surface area contributed by atoms with E-state index in [1.54, 1.807) is 0 Å². The van der Waals surface area contributed by atoms with Crippen molar-refractivity contribution in [2.75, 3.05) is 5.75 Å². The summed E-state index contributed by atoms with van der Waals surface area (Å²) in [6.45, 7) is 0.757. The second-order valence-electron chi connectivity index (χ2n) is 6.77. The number of nitrogens with zero attached hydrogens (tertiary/aromatic N) is 2. The van der Waals surface area contributed by atoms with Crippen molar-refractivity contribution in [3.8, 4) is 17.3 Å². The zero-order valence-electron chi connectivity index (χ0n) is 15.6. The van der Waals surface area contributed by atoms with Crippen LogP contribution in [0.15, 0.2) is 66.7 Å². The molecule has 144 valence electrons. The first-order valence-electron chi connectivity index (χ1n) is 9.19. The van der Waals surface area contributed by atoms with Gasteiger partial charge in [-0.2, -0.15) is 5.26 Å². The highest BCUT2D eigenvalue weighted by Gasteiger charge is 2.10. The van der Waals surface area contributed by atoms with E-state index in [4.69, 9.17) is 5.14 Å². The Hall–Kier alpha value is -2.88. The molecule has 28 heavy (non-hydrogen) atoms. The Bertz CT molecular complexity index is 1060. The van der Waals surface area contributed by atoms with E-state index in [0.717, 1.165) is 36.2 Å². The van der Waals surface area contributed by atoms with Crippen molar-refractivity contribution in [1.82, 2.24) is 4.57 Å². The number of rotatable bonds is 8. The van der Waals surface area contributed by atoms with Crippen LogP contribution in [0.5, 0.6) is 0 Å². The average molecular weight is 394 g/mol. The summed E-state index contributed by atoms with van der Waals surface area (Å²) in [5.41, 5.74) is 4.83. The van der Waals surface area contributed by atoms with Gasteiger partial charge in [-0.05, 0) is 48.1 Å². The molecule has 3 rings (SSSR count). The minimum atomic E-state index is -3.46. The van der Waals surface area contributed by atoms with Crippen LogP contribution in [-0.2, 0) is 29.4 Å². The van der Waals surface area contributed by atoms with Gasteiger partial charge in [-0.3, -0.25) is 0 Å². The standard InChI is InChI=1S/C22H23N3O2S/c23-17-21-12-13-22(25(21)15-4-7-18-5-2-1-3-6-18)20-10-8-19(9-11-20)14-16-28(24,26)27/h1-3,5-6,8-13H,4,7,14-16H2,(H2,24,26,27). The number of sulfonamides is 1. The first-order chi connectivity index (χ1) is 13.5. The number of nitrogens with two attached hydrogens (primary N) is 1. The molecule has 6 heteroatoms. The van der Waals surface area contributed by atoms with Crippen LogP contribution < -0.4 is 5.14 Å². The van der Waals surface area contributed by atoms with Crippen molar-refractivity contribution in [2.45, 2.75) is 25.8 Å². The molecule has 0 aliphatic carbocycles. The summed E-state index contributed by atoms with van der Waals surface area (Å²) in [5, 5.41) is 14.5. The zero-order chi connectivity index (χ0) is 20.0. The van der Waals surface area contributed by atoms with Gasteiger partial charge in [0.05, 0.1) is 5.75 Å². The lowest BCUT2D eigenvalue weighted by Crippen LogP contribution is -2.17. The minimum absolute atomic E-state index is 0.0687. The van der Waals surface area contributed by atoms with Crippen molar-refractivity contribution in [3.63, 3.8) is 0 Å². The number of aromatic nitrogens is 1. The molecule has 2 N–H and O–H groups in total. The van der Waals surface area contributed by atoms with Gasteiger partial charge >= 0.3 is 0 Å². The monoisotopic (exact) mass is 393 g/mol. The van der Waals surface area contributed by atoms with Crippen LogP contribution in [0.25, 0.3) is 11.3 Å². The SMILES string of the molecule is N#Cc1ccc(-c2ccc(CCS(N)(=O)=O)cc2)n1CCCc1ccccc1. The molecular formula is C22H23N3O2S. The summed E-state index contributed by atoms with van der Waals surface area (Å²) >= 11 is 0. The third-order valence-corrected chi connectivity index (χ3v) is 5.48. The maximum Gasteiger partial charge on any atom is 0.209 e. The molecule has 0 saturated carbocycles. The lowest BCUT2D eigenvalue weighted by atomic mass is 10.1. The molecule has 0 saturated heterocycles. The summed E-state index contributed by atoms with van der Waals surface area (Å²) in [4.78, 5) is 0. The van der Waals surface area contributed by atoms with Crippen LogP contribution in [0, 0.1) is 11.3 Å². The normalized spacial score (nSPS) is 11.3. The maximum atomic E-state index is 11.1. The van der Waals surface area contributed by atoms with Gasteiger partial charge in [0, 0.05) is 12.2 Å². The molecule has 0 aliphatic rings. The van der Waals surface area contributed by atoms with Gasteiger partial charge in [0.2, 0.25) is 10.0 Å². The summed E-state index contributed by atoms with van der Waals surface area (Å²) in [6.07, 6.45) is 2.28. The number of aryl methyl sites for hydroxylation is 2. The Kier molecular flexibility index (Phi) is 6.30. The van der Waals surface area contributed by atoms with E-state index in [-0.39, 0.29) is 5.75 Å². The van der Waals surface area contributed by atoms with E-state index in [9.17, 15) is 13.7 Å². The smallest absolute Gasteiger partial charge is 0.209 e. The molecule has 0 amide bonds. The number of hydrogen-bond donors (Lipinski definition) is 1. The quantitative estimate of drug-likeness (QED) is 0.635. The molecule has 0 fully saturated rings. The van der Waals surface area contributed by atoms with Crippen LogP contribution in [0.1, 0.15) is 23.2 Å². The van der Waals surface area contributed by atoms with Gasteiger partial charge in [0.15, 0.2) is 0 Å². The van der Waals surface area contributed by atoms with Crippen molar-refractivity contribution < 1.29 is 8.42 Å². The molecule has 1 aromatic heterocycles. The molecule has 1 heterocycles. The predicted octanol–water partition coefficient (Wildman–Crippen LogP) is 3.49. The Morgan fingerprint density at radius 2 is 1.57 bits per heavy atom. The van der Waals surface area contributed by atoms with Gasteiger partial charge in [-0.15, -0.1) is 0 Å². The van der Waals surface area contributed by atoms with E-state index in [1.807, 2.05) is 59.2 Å². The van der Waals surface area contributed by atoms with Crippen molar-refractivity contribution in [1.29, 1.82) is 5.26 Å².